The number of aryl methyl sites for hydroxylation is 2. The van der Waals surface area contributed by atoms with Crippen LogP contribution in [0.2, 0.25) is 0 Å². The Balaban J connectivity index is 2.72. The number of hydrazine groups is 1. The van der Waals surface area contributed by atoms with Gasteiger partial charge in [-0.3, -0.25) is 15.0 Å². The zero-order chi connectivity index (χ0) is 12.3. The molecule has 16 heavy (non-hydrogen) atoms. The van der Waals surface area contributed by atoms with Gasteiger partial charge in [-0.25, -0.2) is 10.8 Å². The Morgan fingerprint density at radius 2 is 2.00 bits per heavy atom. The molecule has 0 bridgehead atoms. The van der Waals surface area contributed by atoms with E-state index in [2.05, 4.69) is 10.3 Å². The van der Waals surface area contributed by atoms with Crippen molar-refractivity contribution in [2.75, 3.05) is 0 Å². The van der Waals surface area contributed by atoms with Gasteiger partial charge in [-0.15, -0.1) is 11.3 Å². The molecule has 0 aliphatic heterocycles. The Morgan fingerprint density at radius 1 is 1.38 bits per heavy atom. The highest BCUT2D eigenvalue weighted by molar-refractivity contribution is 7.11. The van der Waals surface area contributed by atoms with Crippen molar-refractivity contribution < 1.29 is 9.59 Å². The van der Waals surface area contributed by atoms with Crippen molar-refractivity contribution in [2.45, 2.75) is 26.8 Å². The van der Waals surface area contributed by atoms with Crippen molar-refractivity contribution >= 4 is 23.2 Å². The molecule has 0 saturated heterocycles. The van der Waals surface area contributed by atoms with Gasteiger partial charge in [0, 0.05) is 4.88 Å². The van der Waals surface area contributed by atoms with Crippen LogP contribution in [0.1, 0.15) is 28.5 Å². The van der Waals surface area contributed by atoms with Crippen molar-refractivity contribution in [2.24, 2.45) is 5.84 Å². The minimum Gasteiger partial charge on any atom is -0.340 e. The van der Waals surface area contributed by atoms with Crippen LogP contribution in [-0.4, -0.2) is 16.8 Å². The normalized spacial score (nSPS) is 12.0. The second kappa shape index (κ2) is 5.04. The van der Waals surface area contributed by atoms with Gasteiger partial charge in [0.2, 0.25) is 0 Å². The van der Waals surface area contributed by atoms with Gasteiger partial charge in [0.15, 0.2) is 0 Å². The Bertz CT molecular complexity index is 416. The molecule has 0 spiro atoms. The summed E-state index contributed by atoms with van der Waals surface area (Å²) in [4.78, 5) is 27.4. The first-order valence-corrected chi connectivity index (χ1v) is 5.52. The minimum absolute atomic E-state index is 0.254. The summed E-state index contributed by atoms with van der Waals surface area (Å²) >= 11 is 1.49. The summed E-state index contributed by atoms with van der Waals surface area (Å²) in [6, 6.07) is -0.254. The number of hydrogen-bond acceptors (Lipinski definition) is 5. The van der Waals surface area contributed by atoms with Crippen molar-refractivity contribution in [3.63, 3.8) is 0 Å². The first-order chi connectivity index (χ1) is 7.45. The molecule has 88 valence electrons. The molecule has 0 aliphatic carbocycles. The fraction of sp³-hybridized carbons (Fsp3) is 0.444. The van der Waals surface area contributed by atoms with Crippen LogP contribution in [0.15, 0.2) is 0 Å². The maximum atomic E-state index is 11.3. The van der Waals surface area contributed by atoms with Crippen LogP contribution >= 0.6 is 11.3 Å². The lowest BCUT2D eigenvalue weighted by atomic mass is 10.2. The fourth-order valence-electron chi connectivity index (χ4n) is 1.34. The van der Waals surface area contributed by atoms with Crippen LogP contribution in [0.25, 0.3) is 0 Å². The van der Waals surface area contributed by atoms with Gasteiger partial charge in [0.05, 0.1) is 16.7 Å². The van der Waals surface area contributed by atoms with E-state index in [1.807, 2.05) is 13.8 Å². The molecule has 1 atom stereocenters. The number of amides is 2. The first kappa shape index (κ1) is 12.6. The standard InChI is InChI=1S/C9H14N4O2S/c1-4-7(16-6(3)11-4)5(2)12-8(14)9(15)13-10/h5H,10H2,1-3H3,(H,12,14)(H,13,15). The lowest BCUT2D eigenvalue weighted by Crippen LogP contribution is -2.43. The maximum absolute atomic E-state index is 11.3. The molecule has 0 saturated carbocycles. The molecular formula is C9H14N4O2S. The number of nitrogens with zero attached hydrogens (tertiary/aromatic N) is 1. The summed E-state index contributed by atoms with van der Waals surface area (Å²) < 4.78 is 0. The second-order valence-corrected chi connectivity index (χ2v) is 4.59. The van der Waals surface area contributed by atoms with Crippen LogP contribution in [0, 0.1) is 13.8 Å². The molecule has 1 aromatic rings. The molecule has 0 aromatic carbocycles. The first-order valence-electron chi connectivity index (χ1n) is 4.71. The predicted octanol–water partition coefficient (Wildman–Crippen LogP) is -0.0730. The average Bonchev–Trinajstić information content (AvgIpc) is 2.56. The van der Waals surface area contributed by atoms with E-state index < -0.39 is 11.8 Å². The Labute approximate surface area is 97.2 Å². The molecule has 0 radical (unpaired) electrons. The molecule has 0 aliphatic rings. The number of nitrogens with one attached hydrogen (secondary N) is 2. The van der Waals surface area contributed by atoms with Crippen molar-refractivity contribution in [3.05, 3.63) is 15.6 Å². The van der Waals surface area contributed by atoms with E-state index in [1.54, 1.807) is 12.3 Å². The number of rotatable bonds is 2. The SMILES string of the molecule is Cc1nc(C)c(C(C)NC(=O)C(=O)NN)s1. The van der Waals surface area contributed by atoms with Gasteiger partial charge in [-0.2, -0.15) is 0 Å². The number of thiazole rings is 1. The van der Waals surface area contributed by atoms with Gasteiger partial charge in [0.1, 0.15) is 0 Å². The van der Waals surface area contributed by atoms with E-state index in [0.717, 1.165) is 15.6 Å². The van der Waals surface area contributed by atoms with Gasteiger partial charge < -0.3 is 5.32 Å². The second-order valence-electron chi connectivity index (χ2n) is 3.35. The van der Waals surface area contributed by atoms with Crippen LogP contribution < -0.4 is 16.6 Å². The van der Waals surface area contributed by atoms with Crippen LogP contribution in [0.3, 0.4) is 0 Å². The quantitative estimate of drug-likeness (QED) is 0.292. The van der Waals surface area contributed by atoms with Crippen LogP contribution in [0.5, 0.6) is 0 Å². The van der Waals surface area contributed by atoms with Crippen molar-refractivity contribution in [3.8, 4) is 0 Å². The highest BCUT2D eigenvalue weighted by atomic mass is 32.1. The molecule has 2 amide bonds. The van der Waals surface area contributed by atoms with Gasteiger partial charge in [-0.1, -0.05) is 0 Å². The third-order valence-electron chi connectivity index (χ3n) is 2.02. The molecule has 4 N–H and O–H groups in total. The van der Waals surface area contributed by atoms with E-state index >= 15 is 0 Å². The average molecular weight is 242 g/mol. The molecule has 1 unspecified atom stereocenters. The zero-order valence-electron chi connectivity index (χ0n) is 9.33. The van der Waals surface area contributed by atoms with E-state index in [9.17, 15) is 9.59 Å². The fourth-order valence-corrected chi connectivity index (χ4v) is 2.27. The Morgan fingerprint density at radius 3 is 2.44 bits per heavy atom. The van der Waals surface area contributed by atoms with Crippen LogP contribution in [-0.2, 0) is 9.59 Å². The molecule has 6 nitrogen and oxygen atoms in total. The third kappa shape index (κ3) is 2.77. The maximum Gasteiger partial charge on any atom is 0.323 e. The molecule has 1 heterocycles. The third-order valence-corrected chi connectivity index (χ3v) is 3.27. The van der Waals surface area contributed by atoms with Crippen LogP contribution in [0.4, 0.5) is 0 Å². The topological polar surface area (TPSA) is 97.1 Å². The summed E-state index contributed by atoms with van der Waals surface area (Å²) in [5.74, 6) is 3.25. The van der Waals surface area contributed by atoms with Gasteiger partial charge in [-0.05, 0) is 20.8 Å². The van der Waals surface area contributed by atoms with E-state index in [0.29, 0.717) is 0 Å². The summed E-state index contributed by atoms with van der Waals surface area (Å²) in [7, 11) is 0. The molecule has 1 aromatic heterocycles. The summed E-state index contributed by atoms with van der Waals surface area (Å²) in [5.41, 5.74) is 2.64. The predicted molar refractivity (Wildman–Crippen MR) is 60.5 cm³/mol. The number of aromatic nitrogens is 1. The Hall–Kier alpha value is -1.47. The van der Waals surface area contributed by atoms with Crippen molar-refractivity contribution in [1.82, 2.24) is 15.7 Å². The molecule has 7 heteroatoms. The molecule has 0 fully saturated rings. The lowest BCUT2D eigenvalue weighted by molar-refractivity contribution is -0.139. The van der Waals surface area contributed by atoms with Gasteiger partial charge in [0.25, 0.3) is 0 Å². The molecule has 1 rings (SSSR count). The molecular weight excluding hydrogens is 228 g/mol. The smallest absolute Gasteiger partial charge is 0.323 e. The zero-order valence-corrected chi connectivity index (χ0v) is 10.1. The monoisotopic (exact) mass is 242 g/mol. The number of carbonyl (C=O) groups is 2. The lowest BCUT2D eigenvalue weighted by Gasteiger charge is -2.11. The highest BCUT2D eigenvalue weighted by Gasteiger charge is 2.18. The highest BCUT2D eigenvalue weighted by Crippen LogP contribution is 2.24. The number of nitrogens with two attached hydrogens (primary N) is 1. The van der Waals surface area contributed by atoms with E-state index in [1.165, 1.54) is 11.3 Å². The minimum atomic E-state index is -0.856. The van der Waals surface area contributed by atoms with E-state index in [4.69, 9.17) is 5.84 Å². The number of carbonyl (C=O) groups excluding carboxylic acids is 2. The summed E-state index contributed by atoms with van der Waals surface area (Å²) in [6.45, 7) is 5.55. The van der Waals surface area contributed by atoms with Crippen molar-refractivity contribution in [1.29, 1.82) is 0 Å². The van der Waals surface area contributed by atoms with E-state index in [-0.39, 0.29) is 6.04 Å². The Kier molecular flexibility index (Phi) is 3.97. The summed E-state index contributed by atoms with van der Waals surface area (Å²) in [5, 5.41) is 3.47. The number of hydrogen-bond donors (Lipinski definition) is 3. The van der Waals surface area contributed by atoms with Gasteiger partial charge >= 0.3 is 11.8 Å². The summed E-state index contributed by atoms with van der Waals surface area (Å²) in [6.07, 6.45) is 0. The largest absolute Gasteiger partial charge is 0.340 e.